The Morgan fingerprint density at radius 2 is 1.74 bits per heavy atom. The number of benzene rings is 1. The number of unbranched alkanes of at least 4 members (excludes halogenated alkanes) is 1. The molecule has 1 aromatic carbocycles. The number of aliphatic hydroxyl groups is 1. The molecule has 0 saturated heterocycles. The van der Waals surface area contributed by atoms with Crippen molar-refractivity contribution in [1.82, 2.24) is 10.6 Å². The Bertz CT molecular complexity index is 660. The molecule has 148 valence electrons. The lowest BCUT2D eigenvalue weighted by Gasteiger charge is -2.17. The lowest BCUT2D eigenvalue weighted by Crippen LogP contribution is -2.42. The van der Waals surface area contributed by atoms with Gasteiger partial charge >= 0.3 is 6.09 Å². The minimum absolute atomic E-state index is 0.157. The Morgan fingerprint density at radius 3 is 2.30 bits per heavy atom. The number of nitrogens with two attached hydrogens (primary N) is 1. The molecule has 0 saturated carbocycles. The van der Waals surface area contributed by atoms with Crippen molar-refractivity contribution in [3.63, 3.8) is 0 Å². The van der Waals surface area contributed by atoms with Gasteiger partial charge in [0.15, 0.2) is 5.78 Å². The summed E-state index contributed by atoms with van der Waals surface area (Å²) in [7, 11) is 0. The van der Waals surface area contributed by atoms with Crippen LogP contribution in [0.15, 0.2) is 24.3 Å². The molecule has 0 radical (unpaired) electrons. The number of carbonyl (C=O) groups excluding carboxylic acids is 3. The number of primary amides is 1. The summed E-state index contributed by atoms with van der Waals surface area (Å²) < 4.78 is 0. The molecule has 0 aliphatic carbocycles. The first-order valence-corrected chi connectivity index (χ1v) is 8.62. The highest BCUT2D eigenvalue weighted by atomic mass is 16.4. The molecular formula is C18H25N3O6. The molecule has 0 bridgehead atoms. The van der Waals surface area contributed by atoms with E-state index in [0.29, 0.717) is 31.2 Å². The number of carbonyl (C=O) groups is 4. The van der Waals surface area contributed by atoms with Gasteiger partial charge in [0.2, 0.25) is 11.8 Å². The maximum atomic E-state index is 12.0. The number of aryl methyl sites for hydroxylation is 1. The van der Waals surface area contributed by atoms with Gasteiger partial charge in [-0.3, -0.25) is 14.4 Å². The van der Waals surface area contributed by atoms with Crippen molar-refractivity contribution in [2.45, 2.75) is 38.1 Å². The van der Waals surface area contributed by atoms with Crippen molar-refractivity contribution in [1.29, 1.82) is 0 Å². The molecule has 0 unspecified atom stereocenters. The molecule has 0 spiro atoms. The van der Waals surface area contributed by atoms with Crippen LogP contribution in [0.1, 0.15) is 41.6 Å². The zero-order valence-electron chi connectivity index (χ0n) is 14.9. The van der Waals surface area contributed by atoms with Gasteiger partial charge in [0, 0.05) is 18.5 Å². The van der Waals surface area contributed by atoms with Gasteiger partial charge < -0.3 is 26.6 Å². The molecule has 1 rings (SSSR count). The molecule has 0 aliphatic heterocycles. The highest BCUT2D eigenvalue weighted by Crippen LogP contribution is 2.09. The number of carboxylic acid groups (broad SMARTS) is 1. The summed E-state index contributed by atoms with van der Waals surface area (Å²) >= 11 is 0. The molecule has 9 heteroatoms. The molecule has 6 N–H and O–H groups in total. The predicted octanol–water partition coefficient (Wildman–Crippen LogP) is 0.202. The maximum absolute atomic E-state index is 12.0. The van der Waals surface area contributed by atoms with Crippen LogP contribution in [0.5, 0.6) is 0 Å². The van der Waals surface area contributed by atoms with Crippen molar-refractivity contribution in [2.24, 2.45) is 5.73 Å². The number of hydrogen-bond donors (Lipinski definition) is 5. The second-order valence-electron chi connectivity index (χ2n) is 6.03. The van der Waals surface area contributed by atoms with Gasteiger partial charge in [0.1, 0.15) is 6.61 Å². The van der Waals surface area contributed by atoms with Crippen LogP contribution in [0.3, 0.4) is 0 Å². The molecule has 3 amide bonds. The fraction of sp³-hybridized carbons (Fsp3) is 0.444. The van der Waals surface area contributed by atoms with Crippen LogP contribution in [-0.4, -0.2) is 53.1 Å². The molecule has 1 aromatic rings. The Balaban J connectivity index is 2.48. The molecule has 0 aromatic heterocycles. The highest BCUT2D eigenvalue weighted by molar-refractivity contribution is 5.92. The van der Waals surface area contributed by atoms with Crippen molar-refractivity contribution < 1.29 is 29.4 Å². The number of nitrogens with one attached hydrogen (secondary N) is 2. The van der Waals surface area contributed by atoms with Crippen molar-refractivity contribution in [3.8, 4) is 0 Å². The van der Waals surface area contributed by atoms with Crippen LogP contribution in [0.25, 0.3) is 0 Å². The third kappa shape index (κ3) is 8.82. The summed E-state index contributed by atoms with van der Waals surface area (Å²) in [5.41, 5.74) is 6.43. The number of rotatable bonds is 12. The minimum Gasteiger partial charge on any atom is -0.465 e. The lowest BCUT2D eigenvalue weighted by atomic mass is 10.0. The van der Waals surface area contributed by atoms with Gasteiger partial charge in [-0.2, -0.15) is 0 Å². The van der Waals surface area contributed by atoms with E-state index in [1.807, 2.05) is 0 Å². The second kappa shape index (κ2) is 11.6. The topological polar surface area (TPSA) is 159 Å². The van der Waals surface area contributed by atoms with Crippen LogP contribution in [0.2, 0.25) is 0 Å². The fourth-order valence-corrected chi connectivity index (χ4v) is 2.44. The Hall–Kier alpha value is -2.94. The molecule has 9 nitrogen and oxygen atoms in total. The number of ketones is 1. The predicted molar refractivity (Wildman–Crippen MR) is 97.2 cm³/mol. The maximum Gasteiger partial charge on any atom is 0.404 e. The van der Waals surface area contributed by atoms with Gasteiger partial charge in [-0.05, 0) is 43.4 Å². The van der Waals surface area contributed by atoms with E-state index in [2.05, 4.69) is 10.6 Å². The van der Waals surface area contributed by atoms with Crippen LogP contribution < -0.4 is 16.4 Å². The van der Waals surface area contributed by atoms with E-state index < -0.39 is 30.4 Å². The number of amides is 3. The summed E-state index contributed by atoms with van der Waals surface area (Å²) in [6, 6.07) is 5.81. The second-order valence-corrected chi connectivity index (χ2v) is 6.03. The molecule has 0 fully saturated rings. The molecule has 27 heavy (non-hydrogen) atoms. The summed E-state index contributed by atoms with van der Waals surface area (Å²) in [4.78, 5) is 45.2. The summed E-state index contributed by atoms with van der Waals surface area (Å²) in [6.45, 7) is -0.420. The Labute approximate surface area is 156 Å². The third-order valence-corrected chi connectivity index (χ3v) is 3.95. The lowest BCUT2D eigenvalue weighted by molar-refractivity contribution is -0.129. The van der Waals surface area contributed by atoms with E-state index in [9.17, 15) is 19.2 Å². The molecule has 1 atom stereocenters. The van der Waals surface area contributed by atoms with E-state index >= 15 is 0 Å². The van der Waals surface area contributed by atoms with Crippen LogP contribution in [0.4, 0.5) is 4.79 Å². The Morgan fingerprint density at radius 1 is 1.07 bits per heavy atom. The fourth-order valence-electron chi connectivity index (χ4n) is 2.44. The Kier molecular flexibility index (Phi) is 9.52. The smallest absolute Gasteiger partial charge is 0.404 e. The van der Waals surface area contributed by atoms with E-state index in [1.165, 1.54) is 0 Å². The number of hydrogen-bond acceptors (Lipinski definition) is 5. The van der Waals surface area contributed by atoms with Crippen LogP contribution in [0, 0.1) is 0 Å². The average Bonchev–Trinajstić information content (AvgIpc) is 2.64. The summed E-state index contributed by atoms with van der Waals surface area (Å²) in [6.07, 6.45) is 0.798. The monoisotopic (exact) mass is 379 g/mol. The van der Waals surface area contributed by atoms with E-state index in [0.717, 1.165) is 5.56 Å². The van der Waals surface area contributed by atoms with Crippen molar-refractivity contribution >= 4 is 23.7 Å². The van der Waals surface area contributed by atoms with E-state index in [1.54, 1.807) is 24.3 Å². The quantitative estimate of drug-likeness (QED) is 0.326. The van der Waals surface area contributed by atoms with Crippen LogP contribution >= 0.6 is 0 Å². The van der Waals surface area contributed by atoms with E-state index in [-0.39, 0.29) is 18.9 Å². The van der Waals surface area contributed by atoms with Crippen molar-refractivity contribution in [2.75, 3.05) is 13.2 Å². The van der Waals surface area contributed by atoms with Gasteiger partial charge in [0.25, 0.3) is 0 Å². The molecule has 0 aliphatic rings. The summed E-state index contributed by atoms with van der Waals surface area (Å²) in [5, 5.41) is 22.4. The minimum atomic E-state index is -1.11. The summed E-state index contributed by atoms with van der Waals surface area (Å²) in [5.74, 6) is -1.34. The number of aliphatic hydroxyl groups excluding tert-OH is 1. The molecule has 0 heterocycles. The van der Waals surface area contributed by atoms with Gasteiger partial charge in [-0.25, -0.2) is 4.79 Å². The standard InChI is InChI=1S/C18H25N3O6/c19-17(25)13-7-4-12(5-8-13)6-9-14(15(23)11-22)21-16(24)3-1-2-10-20-18(26)27/h4-5,7-8,14,20,22H,1-3,6,9-11H2,(H2,19,25)(H,21,24)(H,26,27)/t14-/m1/s1. The van der Waals surface area contributed by atoms with E-state index in [4.69, 9.17) is 15.9 Å². The molecular weight excluding hydrogens is 354 g/mol. The first-order chi connectivity index (χ1) is 12.8. The normalized spacial score (nSPS) is 11.4. The number of Topliss-reactive ketones (excluding diaryl/α,β-unsaturated/α-hetero) is 1. The highest BCUT2D eigenvalue weighted by Gasteiger charge is 2.19. The van der Waals surface area contributed by atoms with Crippen molar-refractivity contribution in [3.05, 3.63) is 35.4 Å². The average molecular weight is 379 g/mol. The first kappa shape index (κ1) is 22.1. The first-order valence-electron chi connectivity index (χ1n) is 8.62. The van der Waals surface area contributed by atoms with Gasteiger partial charge in [0.05, 0.1) is 6.04 Å². The third-order valence-electron chi connectivity index (χ3n) is 3.95. The van der Waals surface area contributed by atoms with Crippen LogP contribution in [-0.2, 0) is 16.0 Å². The largest absolute Gasteiger partial charge is 0.465 e. The van der Waals surface area contributed by atoms with Gasteiger partial charge in [-0.1, -0.05) is 12.1 Å². The SMILES string of the molecule is NC(=O)c1ccc(CC[C@@H](NC(=O)CCCCNC(=O)O)C(=O)CO)cc1. The zero-order valence-corrected chi connectivity index (χ0v) is 14.9. The van der Waals surface area contributed by atoms with Gasteiger partial charge in [-0.15, -0.1) is 0 Å². The zero-order chi connectivity index (χ0) is 20.2.